The SMILES string of the molecule is CCNC(=O)CCC/C=C\C[C@@H]1[C@@H](/C=C/[C@H](CCc2ccccc2)OC(=O)CCC[C@H](C)ON=O)[C@H](O)C[C@@H]1O. The predicted octanol–water partition coefficient (Wildman–Crippen LogP) is 4.95. The minimum absolute atomic E-state index is 0.0525. The third kappa shape index (κ3) is 12.9. The van der Waals surface area contributed by atoms with Gasteiger partial charge in [-0.3, -0.25) is 9.59 Å². The number of unbranched alkanes of at least 4 members (excludes halogenated alkanes) is 1. The molecule has 1 aliphatic carbocycles. The summed E-state index contributed by atoms with van der Waals surface area (Å²) < 4.78 is 5.79. The summed E-state index contributed by atoms with van der Waals surface area (Å²) in [5.74, 6) is -0.698. The lowest BCUT2D eigenvalue weighted by atomic mass is 9.89. The van der Waals surface area contributed by atoms with Crippen molar-refractivity contribution in [3.05, 3.63) is 65.1 Å². The van der Waals surface area contributed by atoms with Crippen LogP contribution in [0.5, 0.6) is 0 Å². The van der Waals surface area contributed by atoms with Gasteiger partial charge in [-0.15, -0.1) is 4.91 Å². The van der Waals surface area contributed by atoms with E-state index in [1.807, 2.05) is 61.6 Å². The first-order chi connectivity index (χ1) is 19.3. The van der Waals surface area contributed by atoms with Gasteiger partial charge in [0, 0.05) is 31.7 Å². The van der Waals surface area contributed by atoms with Crippen molar-refractivity contribution in [2.75, 3.05) is 6.54 Å². The van der Waals surface area contributed by atoms with Crippen LogP contribution >= 0.6 is 0 Å². The Morgan fingerprint density at radius 3 is 2.60 bits per heavy atom. The molecule has 1 fully saturated rings. The molecule has 40 heavy (non-hydrogen) atoms. The zero-order chi connectivity index (χ0) is 29.2. The van der Waals surface area contributed by atoms with Crippen LogP contribution in [0.1, 0.15) is 77.2 Å². The molecule has 2 rings (SSSR count). The standard InChI is InChI=1S/C31H46N2O7/c1-3-32-30(36)16-10-5-4-9-15-26-27(29(35)22-28(26)34)21-20-25(19-18-24-13-7-6-8-14-24)39-31(37)17-11-12-23(2)40-33-38/h4,6-9,13-14,20-21,23,25-29,34-35H,3,5,10-12,15-19,22H2,1-2H3,(H,32,36)/b9-4-,21-20+/t23-,25-,26+,27+,28-,29+/m0/s1. The summed E-state index contributed by atoms with van der Waals surface area (Å²) in [6, 6.07) is 9.95. The number of benzene rings is 1. The number of nitrogens with one attached hydrogen (secondary N) is 1. The molecular formula is C31H46N2O7. The second kappa shape index (κ2) is 19.1. The minimum Gasteiger partial charge on any atom is -0.458 e. The maximum absolute atomic E-state index is 12.6. The minimum atomic E-state index is -0.680. The van der Waals surface area contributed by atoms with Crippen molar-refractivity contribution in [3.8, 4) is 0 Å². The lowest BCUT2D eigenvalue weighted by molar-refractivity contribution is -0.147. The van der Waals surface area contributed by atoms with Gasteiger partial charge in [-0.1, -0.05) is 48.6 Å². The summed E-state index contributed by atoms with van der Waals surface area (Å²) in [5.41, 5.74) is 1.13. The number of ether oxygens (including phenoxy) is 1. The molecule has 222 valence electrons. The second-order valence-corrected chi connectivity index (χ2v) is 10.5. The molecule has 1 amide bonds. The first-order valence-corrected chi connectivity index (χ1v) is 14.5. The highest BCUT2D eigenvalue weighted by Gasteiger charge is 2.39. The van der Waals surface area contributed by atoms with Crippen molar-refractivity contribution >= 4 is 11.9 Å². The number of rotatable bonds is 19. The Morgan fingerprint density at radius 2 is 1.88 bits per heavy atom. The number of allylic oxidation sites excluding steroid dienone is 2. The van der Waals surface area contributed by atoms with E-state index in [0.29, 0.717) is 45.1 Å². The fourth-order valence-corrected chi connectivity index (χ4v) is 5.03. The van der Waals surface area contributed by atoms with Crippen molar-refractivity contribution in [3.63, 3.8) is 0 Å². The van der Waals surface area contributed by atoms with E-state index in [2.05, 4.69) is 15.5 Å². The van der Waals surface area contributed by atoms with E-state index >= 15 is 0 Å². The number of aryl methyl sites for hydroxylation is 1. The molecule has 1 aromatic carbocycles. The summed E-state index contributed by atoms with van der Waals surface area (Å²) in [5, 5.41) is 26.5. The van der Waals surface area contributed by atoms with Crippen LogP contribution < -0.4 is 5.32 Å². The van der Waals surface area contributed by atoms with Crippen molar-refractivity contribution in [1.29, 1.82) is 0 Å². The largest absolute Gasteiger partial charge is 0.458 e. The van der Waals surface area contributed by atoms with Crippen LogP contribution in [0, 0.1) is 16.7 Å². The number of hydrogen-bond donors (Lipinski definition) is 3. The molecule has 0 unspecified atom stereocenters. The first kappa shape index (κ1) is 33.2. The number of carbonyl (C=O) groups excluding carboxylic acids is 2. The van der Waals surface area contributed by atoms with E-state index < -0.39 is 18.3 Å². The van der Waals surface area contributed by atoms with Gasteiger partial charge in [0.2, 0.25) is 5.91 Å². The van der Waals surface area contributed by atoms with Gasteiger partial charge >= 0.3 is 5.97 Å². The van der Waals surface area contributed by atoms with Gasteiger partial charge in [-0.2, -0.15) is 0 Å². The van der Waals surface area contributed by atoms with Gasteiger partial charge in [-0.25, -0.2) is 0 Å². The quantitative estimate of drug-likeness (QED) is 0.0719. The molecule has 0 spiro atoms. The number of aliphatic hydroxyl groups is 2. The highest BCUT2D eigenvalue weighted by Crippen LogP contribution is 2.36. The van der Waals surface area contributed by atoms with Gasteiger partial charge < -0.3 is 25.1 Å². The van der Waals surface area contributed by atoms with Crippen molar-refractivity contribution < 1.29 is 29.4 Å². The van der Waals surface area contributed by atoms with Crippen LogP contribution in [-0.2, 0) is 25.6 Å². The van der Waals surface area contributed by atoms with E-state index in [1.165, 1.54) is 0 Å². The molecular weight excluding hydrogens is 512 g/mol. The fraction of sp³-hybridized carbons (Fsp3) is 0.613. The predicted molar refractivity (Wildman–Crippen MR) is 154 cm³/mol. The third-order valence-corrected chi connectivity index (χ3v) is 7.25. The lowest BCUT2D eigenvalue weighted by Crippen LogP contribution is -2.22. The van der Waals surface area contributed by atoms with Crippen LogP contribution in [0.15, 0.2) is 60.0 Å². The molecule has 9 nitrogen and oxygen atoms in total. The van der Waals surface area contributed by atoms with Crippen LogP contribution in [-0.4, -0.2) is 53.1 Å². The zero-order valence-electron chi connectivity index (χ0n) is 23.8. The van der Waals surface area contributed by atoms with Crippen LogP contribution in [0.25, 0.3) is 0 Å². The molecule has 3 N–H and O–H groups in total. The molecule has 0 radical (unpaired) electrons. The van der Waals surface area contributed by atoms with E-state index in [-0.39, 0.29) is 36.2 Å². The highest BCUT2D eigenvalue weighted by molar-refractivity contribution is 5.75. The third-order valence-electron chi connectivity index (χ3n) is 7.25. The van der Waals surface area contributed by atoms with Gasteiger partial charge in [0.15, 0.2) is 5.34 Å². The molecule has 9 heteroatoms. The molecule has 1 aliphatic rings. The van der Waals surface area contributed by atoms with Crippen LogP contribution in [0.3, 0.4) is 0 Å². The number of esters is 1. The lowest BCUT2D eigenvalue weighted by Gasteiger charge is -2.21. The fourth-order valence-electron chi connectivity index (χ4n) is 5.03. The topological polar surface area (TPSA) is 135 Å². The Hall–Kier alpha value is -3.04. The van der Waals surface area contributed by atoms with Gasteiger partial charge in [0.25, 0.3) is 0 Å². The highest BCUT2D eigenvalue weighted by atomic mass is 16.7. The second-order valence-electron chi connectivity index (χ2n) is 10.5. The summed E-state index contributed by atoms with van der Waals surface area (Å²) in [4.78, 5) is 39.0. The Balaban J connectivity index is 1.97. The van der Waals surface area contributed by atoms with Gasteiger partial charge in [-0.05, 0) is 76.4 Å². The van der Waals surface area contributed by atoms with Crippen molar-refractivity contribution in [2.24, 2.45) is 17.2 Å². The summed E-state index contributed by atoms with van der Waals surface area (Å²) in [6.45, 7) is 4.25. The number of carbonyl (C=O) groups is 2. The van der Waals surface area contributed by atoms with E-state index in [1.54, 1.807) is 6.92 Å². The average Bonchev–Trinajstić information content (AvgIpc) is 3.20. The Labute approximate surface area is 238 Å². The van der Waals surface area contributed by atoms with Crippen LogP contribution in [0.2, 0.25) is 0 Å². The monoisotopic (exact) mass is 558 g/mol. The van der Waals surface area contributed by atoms with E-state index in [0.717, 1.165) is 24.8 Å². The first-order valence-electron chi connectivity index (χ1n) is 14.5. The molecule has 0 aliphatic heterocycles. The number of aliphatic hydroxyl groups excluding tert-OH is 2. The maximum atomic E-state index is 12.6. The number of hydrogen-bond acceptors (Lipinski definition) is 8. The molecule has 1 aromatic rings. The van der Waals surface area contributed by atoms with E-state index in [9.17, 15) is 24.7 Å². The van der Waals surface area contributed by atoms with Crippen molar-refractivity contribution in [2.45, 2.75) is 102 Å². The van der Waals surface area contributed by atoms with Crippen molar-refractivity contribution in [1.82, 2.24) is 5.32 Å². The van der Waals surface area contributed by atoms with E-state index in [4.69, 9.17) is 4.74 Å². The number of nitrogens with zero attached hydrogens (tertiary/aromatic N) is 1. The zero-order valence-corrected chi connectivity index (χ0v) is 23.8. The Morgan fingerprint density at radius 1 is 1.10 bits per heavy atom. The summed E-state index contributed by atoms with van der Waals surface area (Å²) in [7, 11) is 0. The smallest absolute Gasteiger partial charge is 0.306 e. The molecule has 6 atom stereocenters. The Bertz CT molecular complexity index is 937. The molecule has 1 saturated carbocycles. The molecule has 0 aromatic heterocycles. The molecule has 0 heterocycles. The molecule has 0 bridgehead atoms. The molecule has 0 saturated heterocycles. The van der Waals surface area contributed by atoms with Gasteiger partial charge in [0.05, 0.1) is 12.2 Å². The van der Waals surface area contributed by atoms with Gasteiger partial charge in [0.1, 0.15) is 12.2 Å². The average molecular weight is 559 g/mol. The van der Waals surface area contributed by atoms with Crippen LogP contribution in [0.4, 0.5) is 0 Å². The summed E-state index contributed by atoms with van der Waals surface area (Å²) in [6.07, 6.45) is 11.1. The summed E-state index contributed by atoms with van der Waals surface area (Å²) >= 11 is 0. The number of amides is 1. The normalized spacial score (nSPS) is 22.3. The maximum Gasteiger partial charge on any atom is 0.306 e. The Kier molecular flexibility index (Phi) is 15.8.